The molecule has 1 atom stereocenters. The topological polar surface area (TPSA) is 17.1 Å². The van der Waals surface area contributed by atoms with E-state index in [2.05, 4.69) is 6.92 Å². The van der Waals surface area contributed by atoms with Gasteiger partial charge in [0.25, 0.3) is 0 Å². The zero-order valence-corrected chi connectivity index (χ0v) is 12.9. The summed E-state index contributed by atoms with van der Waals surface area (Å²) in [5.74, 6) is 1.08. The van der Waals surface area contributed by atoms with E-state index in [1.807, 2.05) is 0 Å². The Morgan fingerprint density at radius 3 is 1.83 bits per heavy atom. The van der Waals surface area contributed by atoms with Gasteiger partial charge in [-0.05, 0) is 19.3 Å². The van der Waals surface area contributed by atoms with Crippen molar-refractivity contribution in [3.63, 3.8) is 0 Å². The monoisotopic (exact) mass is 274 g/mol. The summed E-state index contributed by atoms with van der Waals surface area (Å²) in [5.41, 5.74) is 0. The van der Waals surface area contributed by atoms with E-state index in [1.165, 1.54) is 64.1 Å². The third-order valence-electron chi connectivity index (χ3n) is 3.58. The molecule has 0 saturated heterocycles. The molecule has 0 saturated carbocycles. The summed E-state index contributed by atoms with van der Waals surface area (Å²) < 4.78 is 0. The first-order chi connectivity index (χ1) is 8.85. The number of alkyl halides is 1. The average Bonchev–Trinajstić information content (AvgIpc) is 2.40. The molecule has 0 aliphatic heterocycles. The molecule has 0 bridgehead atoms. The van der Waals surface area contributed by atoms with Gasteiger partial charge in [0.05, 0.1) is 0 Å². The Labute approximate surface area is 119 Å². The van der Waals surface area contributed by atoms with Crippen molar-refractivity contribution in [3.05, 3.63) is 0 Å². The van der Waals surface area contributed by atoms with Gasteiger partial charge in [0.1, 0.15) is 6.29 Å². The Kier molecular flexibility index (Phi) is 15.0. The molecule has 1 nitrogen and oxygen atoms in total. The highest BCUT2D eigenvalue weighted by atomic mass is 35.5. The highest BCUT2D eigenvalue weighted by Crippen LogP contribution is 2.17. The zero-order valence-electron chi connectivity index (χ0n) is 12.1. The van der Waals surface area contributed by atoms with Gasteiger partial charge in [0.2, 0.25) is 0 Å². The molecule has 0 N–H and O–H groups in total. The third kappa shape index (κ3) is 12.4. The van der Waals surface area contributed by atoms with E-state index >= 15 is 0 Å². The SMILES string of the molecule is CCCCCCCCC(C=O)CCCCCCCl. The lowest BCUT2D eigenvalue weighted by molar-refractivity contribution is -0.111. The van der Waals surface area contributed by atoms with Crippen molar-refractivity contribution in [3.8, 4) is 0 Å². The number of unbranched alkanes of at least 4 members (excludes halogenated alkanes) is 8. The minimum Gasteiger partial charge on any atom is -0.303 e. The van der Waals surface area contributed by atoms with Crippen LogP contribution in [0.5, 0.6) is 0 Å². The summed E-state index contributed by atoms with van der Waals surface area (Å²) in [6.45, 7) is 2.24. The van der Waals surface area contributed by atoms with Crippen molar-refractivity contribution in [2.75, 3.05) is 5.88 Å². The fraction of sp³-hybridized carbons (Fsp3) is 0.938. The number of hydrogen-bond acceptors (Lipinski definition) is 1. The van der Waals surface area contributed by atoms with Gasteiger partial charge in [-0.25, -0.2) is 0 Å². The van der Waals surface area contributed by atoms with Crippen LogP contribution in [0, 0.1) is 5.92 Å². The Hall–Kier alpha value is -0.0400. The zero-order chi connectivity index (χ0) is 13.5. The van der Waals surface area contributed by atoms with E-state index in [-0.39, 0.29) is 0 Å². The van der Waals surface area contributed by atoms with Gasteiger partial charge in [-0.15, -0.1) is 11.6 Å². The van der Waals surface area contributed by atoms with Crippen LogP contribution < -0.4 is 0 Å². The molecule has 0 aromatic carbocycles. The number of hydrogen-bond donors (Lipinski definition) is 0. The lowest BCUT2D eigenvalue weighted by Gasteiger charge is -2.09. The second-order valence-electron chi connectivity index (χ2n) is 5.34. The van der Waals surface area contributed by atoms with Crippen molar-refractivity contribution >= 4 is 17.9 Å². The molecule has 0 spiro atoms. The maximum atomic E-state index is 11.0. The Balaban J connectivity index is 3.32. The molecule has 0 rings (SSSR count). The minimum absolute atomic E-state index is 0.312. The molecule has 108 valence electrons. The molecule has 18 heavy (non-hydrogen) atoms. The fourth-order valence-corrected chi connectivity index (χ4v) is 2.51. The number of halogens is 1. The molecule has 1 unspecified atom stereocenters. The van der Waals surface area contributed by atoms with E-state index in [9.17, 15) is 4.79 Å². The minimum atomic E-state index is 0.312. The van der Waals surface area contributed by atoms with E-state index in [1.54, 1.807) is 0 Å². The van der Waals surface area contributed by atoms with Gasteiger partial charge < -0.3 is 4.79 Å². The summed E-state index contributed by atoms with van der Waals surface area (Å²) in [7, 11) is 0. The fourth-order valence-electron chi connectivity index (χ4n) is 2.32. The number of carbonyl (C=O) groups is 1. The van der Waals surface area contributed by atoms with Crippen LogP contribution in [0.1, 0.15) is 84.0 Å². The van der Waals surface area contributed by atoms with E-state index in [0.29, 0.717) is 5.92 Å². The van der Waals surface area contributed by atoms with Crippen LogP contribution in [0.15, 0.2) is 0 Å². The van der Waals surface area contributed by atoms with Crippen molar-refractivity contribution in [1.82, 2.24) is 0 Å². The number of carbonyl (C=O) groups excluding carboxylic acids is 1. The first kappa shape index (κ1) is 18.0. The molecule has 0 amide bonds. The molecule has 0 radical (unpaired) electrons. The second kappa shape index (κ2) is 15.0. The maximum Gasteiger partial charge on any atom is 0.123 e. The largest absolute Gasteiger partial charge is 0.303 e. The number of aldehydes is 1. The molecule has 0 heterocycles. The lowest BCUT2D eigenvalue weighted by atomic mass is 9.95. The van der Waals surface area contributed by atoms with Crippen LogP contribution in [0.4, 0.5) is 0 Å². The van der Waals surface area contributed by atoms with Crippen LogP contribution in [0.25, 0.3) is 0 Å². The van der Waals surface area contributed by atoms with Crippen LogP contribution >= 0.6 is 11.6 Å². The Morgan fingerprint density at radius 2 is 1.33 bits per heavy atom. The van der Waals surface area contributed by atoms with Crippen LogP contribution in [-0.4, -0.2) is 12.2 Å². The van der Waals surface area contributed by atoms with Gasteiger partial charge in [-0.3, -0.25) is 0 Å². The highest BCUT2D eigenvalue weighted by molar-refractivity contribution is 6.17. The molecular weight excluding hydrogens is 244 g/mol. The van der Waals surface area contributed by atoms with Gasteiger partial charge in [0, 0.05) is 11.8 Å². The standard InChI is InChI=1S/C16H31ClO/c1-2-3-4-5-6-9-12-16(15-18)13-10-7-8-11-14-17/h15-16H,2-14H2,1H3. The van der Waals surface area contributed by atoms with Gasteiger partial charge in [0.15, 0.2) is 0 Å². The molecule has 0 aliphatic rings. The smallest absolute Gasteiger partial charge is 0.123 e. The van der Waals surface area contributed by atoms with Crippen LogP contribution in [0.2, 0.25) is 0 Å². The molecule has 0 aromatic rings. The number of rotatable bonds is 14. The summed E-state index contributed by atoms with van der Waals surface area (Å²) in [4.78, 5) is 11.0. The van der Waals surface area contributed by atoms with Crippen LogP contribution in [0.3, 0.4) is 0 Å². The second-order valence-corrected chi connectivity index (χ2v) is 5.72. The molecule has 2 heteroatoms. The maximum absolute atomic E-state index is 11.0. The Bertz CT molecular complexity index is 170. The van der Waals surface area contributed by atoms with Gasteiger partial charge in [-0.2, -0.15) is 0 Å². The summed E-state index contributed by atoms with van der Waals surface area (Å²) in [6, 6.07) is 0. The molecule has 0 fully saturated rings. The van der Waals surface area contributed by atoms with E-state index < -0.39 is 0 Å². The summed E-state index contributed by atoms with van der Waals surface area (Å²) in [5, 5.41) is 0. The first-order valence-corrected chi connectivity index (χ1v) is 8.39. The summed E-state index contributed by atoms with van der Waals surface area (Å²) in [6.07, 6.45) is 16.0. The predicted octanol–water partition coefficient (Wildman–Crippen LogP) is 5.74. The lowest BCUT2D eigenvalue weighted by Crippen LogP contribution is -2.02. The predicted molar refractivity (Wildman–Crippen MR) is 81.4 cm³/mol. The van der Waals surface area contributed by atoms with Crippen molar-refractivity contribution in [2.24, 2.45) is 5.92 Å². The third-order valence-corrected chi connectivity index (χ3v) is 3.85. The first-order valence-electron chi connectivity index (χ1n) is 7.86. The van der Waals surface area contributed by atoms with Gasteiger partial charge in [-0.1, -0.05) is 64.7 Å². The molecular formula is C16H31ClO. The van der Waals surface area contributed by atoms with Crippen LogP contribution in [-0.2, 0) is 4.79 Å². The van der Waals surface area contributed by atoms with E-state index in [4.69, 9.17) is 11.6 Å². The Morgan fingerprint density at radius 1 is 0.833 bits per heavy atom. The van der Waals surface area contributed by atoms with Crippen molar-refractivity contribution in [2.45, 2.75) is 84.0 Å². The molecule has 0 aliphatic carbocycles. The highest BCUT2D eigenvalue weighted by Gasteiger charge is 2.06. The van der Waals surface area contributed by atoms with Crippen molar-refractivity contribution < 1.29 is 4.79 Å². The van der Waals surface area contributed by atoms with Crippen molar-refractivity contribution in [1.29, 1.82) is 0 Å². The normalized spacial score (nSPS) is 12.6. The van der Waals surface area contributed by atoms with E-state index in [0.717, 1.165) is 25.1 Å². The summed E-state index contributed by atoms with van der Waals surface area (Å²) >= 11 is 5.63. The molecule has 0 aromatic heterocycles. The average molecular weight is 275 g/mol. The van der Waals surface area contributed by atoms with Gasteiger partial charge >= 0.3 is 0 Å². The quantitative estimate of drug-likeness (QED) is 0.224.